The van der Waals surface area contributed by atoms with Crippen LogP contribution in [0.4, 0.5) is 5.69 Å². The van der Waals surface area contributed by atoms with Gasteiger partial charge in [0.05, 0.1) is 4.88 Å². The van der Waals surface area contributed by atoms with E-state index in [0.29, 0.717) is 0 Å². The van der Waals surface area contributed by atoms with Crippen molar-refractivity contribution in [1.82, 2.24) is 0 Å². The van der Waals surface area contributed by atoms with E-state index < -0.39 is 0 Å². The fourth-order valence-electron chi connectivity index (χ4n) is 1.01. The number of ketones is 1. The Morgan fingerprint density at radius 3 is 2.18 bits per heavy atom. The second-order valence-electron chi connectivity index (χ2n) is 2.58. The fraction of sp³-hybridized carbons (Fsp3) is 0.375. The van der Waals surface area contributed by atoms with Gasteiger partial charge in [-0.3, -0.25) is 4.79 Å². The summed E-state index contributed by atoms with van der Waals surface area (Å²) >= 11 is 1.47. The summed E-state index contributed by atoms with van der Waals surface area (Å²) in [6.45, 7) is 5.38. The Balaban J connectivity index is 3.29. The molecular formula is C8H11NOS. The Morgan fingerprint density at radius 2 is 2.00 bits per heavy atom. The van der Waals surface area contributed by atoms with Crippen molar-refractivity contribution in [1.29, 1.82) is 0 Å². The molecule has 11 heavy (non-hydrogen) atoms. The lowest BCUT2D eigenvalue weighted by Crippen LogP contribution is -1.92. The Morgan fingerprint density at radius 1 is 1.45 bits per heavy atom. The number of carbonyl (C=O) groups is 1. The number of Topliss-reactive ketones (excluding diaryl/α,β-unsaturated/α-hetero) is 1. The van der Waals surface area contributed by atoms with Gasteiger partial charge in [0.25, 0.3) is 0 Å². The number of hydrogen-bond donors (Lipinski definition) is 1. The van der Waals surface area contributed by atoms with E-state index in [1.54, 1.807) is 6.92 Å². The van der Waals surface area contributed by atoms with E-state index >= 15 is 0 Å². The minimum absolute atomic E-state index is 0.104. The van der Waals surface area contributed by atoms with Crippen LogP contribution in [0.1, 0.15) is 27.0 Å². The summed E-state index contributed by atoms with van der Waals surface area (Å²) in [7, 11) is 0. The van der Waals surface area contributed by atoms with Gasteiger partial charge < -0.3 is 5.73 Å². The second-order valence-corrected chi connectivity index (χ2v) is 3.81. The standard InChI is InChI=1S/C8H11NOS/c1-4-7(9)6(3)11-8(4)5(2)10/h9H2,1-3H3. The highest BCUT2D eigenvalue weighted by Gasteiger charge is 2.11. The van der Waals surface area contributed by atoms with E-state index in [9.17, 15) is 4.79 Å². The molecule has 0 amide bonds. The molecule has 0 saturated heterocycles. The third-order valence-corrected chi connectivity index (χ3v) is 3.02. The SMILES string of the molecule is CC(=O)c1sc(C)c(N)c1C. The van der Waals surface area contributed by atoms with Gasteiger partial charge in [0.1, 0.15) is 0 Å². The molecule has 1 heterocycles. The molecule has 0 saturated carbocycles. The van der Waals surface area contributed by atoms with Gasteiger partial charge in [0.15, 0.2) is 5.78 Å². The summed E-state index contributed by atoms with van der Waals surface area (Å²) in [6.07, 6.45) is 0. The zero-order valence-electron chi connectivity index (χ0n) is 6.89. The Bertz CT molecular complexity index is 301. The van der Waals surface area contributed by atoms with Crippen LogP contribution < -0.4 is 5.73 Å². The largest absolute Gasteiger partial charge is 0.398 e. The molecule has 0 aliphatic carbocycles. The van der Waals surface area contributed by atoms with Crippen LogP contribution in [-0.4, -0.2) is 5.78 Å². The van der Waals surface area contributed by atoms with Gasteiger partial charge in [-0.05, 0) is 26.3 Å². The van der Waals surface area contributed by atoms with Crippen LogP contribution in [0.25, 0.3) is 0 Å². The van der Waals surface area contributed by atoms with Gasteiger partial charge in [-0.25, -0.2) is 0 Å². The third-order valence-electron chi connectivity index (χ3n) is 1.70. The van der Waals surface area contributed by atoms with Crippen molar-refractivity contribution in [2.45, 2.75) is 20.8 Å². The lowest BCUT2D eigenvalue weighted by atomic mass is 10.2. The monoisotopic (exact) mass is 169 g/mol. The molecule has 0 radical (unpaired) electrons. The molecule has 60 valence electrons. The van der Waals surface area contributed by atoms with Crippen LogP contribution in [0.3, 0.4) is 0 Å². The number of hydrogen-bond acceptors (Lipinski definition) is 3. The normalized spacial score (nSPS) is 10.1. The average molecular weight is 169 g/mol. The van der Waals surface area contributed by atoms with Crippen LogP contribution in [0.5, 0.6) is 0 Å². The molecule has 0 aliphatic heterocycles. The molecule has 0 atom stereocenters. The van der Waals surface area contributed by atoms with Gasteiger partial charge in [-0.1, -0.05) is 0 Å². The van der Waals surface area contributed by atoms with E-state index in [1.807, 2.05) is 13.8 Å². The molecule has 1 aromatic heterocycles. The zero-order valence-corrected chi connectivity index (χ0v) is 7.71. The van der Waals surface area contributed by atoms with Gasteiger partial charge in [-0.15, -0.1) is 11.3 Å². The number of nitrogens with two attached hydrogens (primary N) is 1. The van der Waals surface area contributed by atoms with E-state index in [1.165, 1.54) is 11.3 Å². The van der Waals surface area contributed by atoms with Crippen LogP contribution in [-0.2, 0) is 0 Å². The molecule has 3 heteroatoms. The van der Waals surface area contributed by atoms with Crippen molar-refractivity contribution in [3.05, 3.63) is 15.3 Å². The van der Waals surface area contributed by atoms with Crippen molar-refractivity contribution in [3.63, 3.8) is 0 Å². The van der Waals surface area contributed by atoms with Crippen molar-refractivity contribution >= 4 is 22.8 Å². The molecule has 1 rings (SSSR count). The van der Waals surface area contributed by atoms with Crippen LogP contribution >= 0.6 is 11.3 Å². The van der Waals surface area contributed by atoms with Crippen LogP contribution in [0.15, 0.2) is 0 Å². The first-order valence-electron chi connectivity index (χ1n) is 3.40. The molecule has 0 aliphatic rings. The number of anilines is 1. The first-order chi connectivity index (χ1) is 5.04. The van der Waals surface area contributed by atoms with Gasteiger partial charge >= 0.3 is 0 Å². The average Bonchev–Trinajstić information content (AvgIpc) is 2.17. The van der Waals surface area contributed by atoms with Crippen molar-refractivity contribution in [3.8, 4) is 0 Å². The minimum Gasteiger partial charge on any atom is -0.398 e. The van der Waals surface area contributed by atoms with E-state index in [4.69, 9.17) is 5.73 Å². The maximum absolute atomic E-state index is 11.0. The molecule has 2 N–H and O–H groups in total. The summed E-state index contributed by atoms with van der Waals surface area (Å²) < 4.78 is 0. The highest BCUT2D eigenvalue weighted by molar-refractivity contribution is 7.14. The molecule has 0 aromatic carbocycles. The highest BCUT2D eigenvalue weighted by Crippen LogP contribution is 2.29. The maximum Gasteiger partial charge on any atom is 0.170 e. The number of nitrogen functional groups attached to an aromatic ring is 1. The number of aryl methyl sites for hydroxylation is 1. The molecular weight excluding hydrogens is 158 g/mol. The lowest BCUT2D eigenvalue weighted by molar-refractivity contribution is 0.102. The number of thiophene rings is 1. The van der Waals surface area contributed by atoms with Crippen molar-refractivity contribution < 1.29 is 4.79 Å². The summed E-state index contributed by atoms with van der Waals surface area (Å²) in [4.78, 5) is 12.8. The van der Waals surface area contributed by atoms with Crippen LogP contribution in [0, 0.1) is 13.8 Å². The highest BCUT2D eigenvalue weighted by atomic mass is 32.1. The second kappa shape index (κ2) is 2.66. The van der Waals surface area contributed by atoms with E-state index in [-0.39, 0.29) is 5.78 Å². The smallest absolute Gasteiger partial charge is 0.170 e. The van der Waals surface area contributed by atoms with Gasteiger partial charge in [0.2, 0.25) is 0 Å². The predicted molar refractivity (Wildman–Crippen MR) is 48.2 cm³/mol. The first kappa shape index (κ1) is 8.27. The van der Waals surface area contributed by atoms with Crippen molar-refractivity contribution in [2.24, 2.45) is 0 Å². The molecule has 0 unspecified atom stereocenters. The quantitative estimate of drug-likeness (QED) is 0.654. The summed E-state index contributed by atoms with van der Waals surface area (Å²) in [5.41, 5.74) is 7.39. The fourth-order valence-corrected chi connectivity index (χ4v) is 1.98. The van der Waals surface area contributed by atoms with Crippen molar-refractivity contribution in [2.75, 3.05) is 5.73 Å². The zero-order chi connectivity index (χ0) is 8.59. The summed E-state index contributed by atoms with van der Waals surface area (Å²) in [5.74, 6) is 0.104. The maximum atomic E-state index is 11.0. The predicted octanol–water partition coefficient (Wildman–Crippen LogP) is 2.15. The van der Waals surface area contributed by atoms with Gasteiger partial charge in [0, 0.05) is 10.6 Å². The topological polar surface area (TPSA) is 43.1 Å². The minimum atomic E-state index is 0.104. The van der Waals surface area contributed by atoms with Gasteiger partial charge in [-0.2, -0.15) is 0 Å². The summed E-state index contributed by atoms with van der Waals surface area (Å²) in [5, 5.41) is 0. The number of carbonyl (C=O) groups excluding carboxylic acids is 1. The first-order valence-corrected chi connectivity index (χ1v) is 4.22. The van der Waals surface area contributed by atoms with E-state index in [2.05, 4.69) is 0 Å². The Kier molecular flexibility index (Phi) is 2.00. The molecule has 1 aromatic rings. The van der Waals surface area contributed by atoms with E-state index in [0.717, 1.165) is 21.0 Å². The number of rotatable bonds is 1. The molecule has 0 bridgehead atoms. The van der Waals surface area contributed by atoms with Crippen LogP contribution in [0.2, 0.25) is 0 Å². The molecule has 0 fully saturated rings. The summed E-state index contributed by atoms with van der Waals surface area (Å²) in [6, 6.07) is 0. The lowest BCUT2D eigenvalue weighted by Gasteiger charge is -1.91. The Hall–Kier alpha value is -0.830. The molecule has 2 nitrogen and oxygen atoms in total. The Labute approximate surface area is 70.0 Å². The third kappa shape index (κ3) is 1.28. The molecule has 0 spiro atoms.